The lowest BCUT2D eigenvalue weighted by Gasteiger charge is -2.46. The van der Waals surface area contributed by atoms with Crippen LogP contribution in [0.25, 0.3) is 0 Å². The molecule has 2 aliphatic rings. The number of nitrogens with zero attached hydrogens (tertiary/aromatic N) is 1. The minimum atomic E-state index is -0.973. The van der Waals surface area contributed by atoms with Crippen molar-refractivity contribution in [2.75, 3.05) is 25.0 Å². The molecule has 2 saturated heterocycles. The third kappa shape index (κ3) is 3.25. The zero-order valence-electron chi connectivity index (χ0n) is 14.3. The molecule has 2 fully saturated rings. The Labute approximate surface area is 155 Å². The number of aliphatic hydroxyl groups is 1. The highest BCUT2D eigenvalue weighted by Gasteiger charge is 2.45. The molecule has 2 aromatic rings. The minimum Gasteiger partial charge on any atom is -0.381 e. The van der Waals surface area contributed by atoms with Crippen molar-refractivity contribution in [3.8, 4) is 0 Å². The first-order valence-electron chi connectivity index (χ1n) is 8.76. The second kappa shape index (κ2) is 6.83. The molecule has 1 aromatic carbocycles. The van der Waals surface area contributed by atoms with Gasteiger partial charge in [-0.25, -0.2) is 0 Å². The van der Waals surface area contributed by atoms with E-state index >= 15 is 0 Å². The molecule has 2 amide bonds. The van der Waals surface area contributed by atoms with E-state index in [-0.39, 0.29) is 30.9 Å². The van der Waals surface area contributed by atoms with Gasteiger partial charge in [0.25, 0.3) is 5.91 Å². The molecule has 4 rings (SSSR count). The molecule has 0 spiro atoms. The molecule has 1 aromatic heterocycles. The number of rotatable bonds is 4. The summed E-state index contributed by atoms with van der Waals surface area (Å²) in [6.45, 7) is 1.43. The Kier molecular flexibility index (Phi) is 4.52. The van der Waals surface area contributed by atoms with Crippen LogP contribution in [0, 0.1) is 0 Å². The second-order valence-corrected chi connectivity index (χ2v) is 7.94. The van der Waals surface area contributed by atoms with Crippen LogP contribution in [0.1, 0.15) is 28.1 Å². The van der Waals surface area contributed by atoms with Crippen LogP contribution in [0.4, 0.5) is 5.00 Å². The van der Waals surface area contributed by atoms with E-state index in [1.807, 2.05) is 30.3 Å². The Morgan fingerprint density at radius 3 is 2.65 bits per heavy atom. The minimum absolute atomic E-state index is 0.0502. The van der Waals surface area contributed by atoms with Crippen LogP contribution in [-0.4, -0.2) is 47.5 Å². The summed E-state index contributed by atoms with van der Waals surface area (Å²) >= 11 is 1.27. The fourth-order valence-corrected chi connectivity index (χ4v) is 4.33. The Morgan fingerprint density at radius 2 is 1.96 bits per heavy atom. The van der Waals surface area contributed by atoms with Crippen LogP contribution in [0.3, 0.4) is 0 Å². The number of benzene rings is 1. The van der Waals surface area contributed by atoms with Crippen molar-refractivity contribution in [3.63, 3.8) is 0 Å². The molecule has 1 atom stereocenters. The van der Waals surface area contributed by atoms with Crippen LogP contribution in [0.2, 0.25) is 0 Å². The Hall–Kier alpha value is -2.22. The van der Waals surface area contributed by atoms with Crippen molar-refractivity contribution in [1.82, 2.24) is 10.2 Å². The average molecular weight is 371 g/mol. The van der Waals surface area contributed by atoms with Gasteiger partial charge in [0, 0.05) is 0 Å². The van der Waals surface area contributed by atoms with E-state index in [0.717, 1.165) is 24.9 Å². The third-order valence-electron chi connectivity index (χ3n) is 4.94. The van der Waals surface area contributed by atoms with Gasteiger partial charge in [-0.3, -0.25) is 9.59 Å². The van der Waals surface area contributed by atoms with E-state index in [0.29, 0.717) is 9.88 Å². The largest absolute Gasteiger partial charge is 0.381 e. The lowest BCUT2D eigenvalue weighted by atomic mass is 9.86. The Bertz CT molecular complexity index is 808. The van der Waals surface area contributed by atoms with Gasteiger partial charge in [0.2, 0.25) is 5.91 Å². The van der Waals surface area contributed by atoms with Gasteiger partial charge in [-0.2, -0.15) is 0 Å². The smallest absolute Gasteiger partial charge is 0.264 e. The maximum atomic E-state index is 12.6. The summed E-state index contributed by atoms with van der Waals surface area (Å²) in [5.41, 5.74) is -0.147. The monoisotopic (exact) mass is 371 g/mol. The standard InChI is InChI=1S/C19H21N3O3S/c23-17(14-7-4-10-20-14)21-16-9-8-15(26-16)18(24)22-11-19(25,12-22)13-5-2-1-3-6-13/h1-3,5-6,8-9,14,20,25H,4,7,10-12H2,(H,21,23)/t14-/m0/s1. The SMILES string of the molecule is O=C(Nc1ccc(C(=O)N2CC(O)(c3ccccc3)C2)s1)[C@@H]1CCCN1. The first-order chi connectivity index (χ1) is 12.5. The van der Waals surface area contributed by atoms with E-state index in [1.54, 1.807) is 17.0 Å². The van der Waals surface area contributed by atoms with Crippen molar-refractivity contribution >= 4 is 28.2 Å². The number of carbonyl (C=O) groups is 2. The van der Waals surface area contributed by atoms with Gasteiger partial charge in [-0.1, -0.05) is 30.3 Å². The molecule has 3 heterocycles. The van der Waals surface area contributed by atoms with E-state index in [2.05, 4.69) is 10.6 Å². The van der Waals surface area contributed by atoms with Crippen LogP contribution < -0.4 is 10.6 Å². The molecule has 7 heteroatoms. The lowest BCUT2D eigenvalue weighted by molar-refractivity contribution is -0.117. The van der Waals surface area contributed by atoms with Crippen molar-refractivity contribution in [2.24, 2.45) is 0 Å². The number of thiophene rings is 1. The molecule has 3 N–H and O–H groups in total. The van der Waals surface area contributed by atoms with Gasteiger partial charge in [0.05, 0.1) is 29.0 Å². The van der Waals surface area contributed by atoms with Crippen molar-refractivity contribution in [2.45, 2.75) is 24.5 Å². The summed E-state index contributed by atoms with van der Waals surface area (Å²) in [5, 5.41) is 17.3. The number of carbonyl (C=O) groups excluding carboxylic acids is 2. The van der Waals surface area contributed by atoms with E-state index in [1.165, 1.54) is 11.3 Å². The summed E-state index contributed by atoms with van der Waals surface area (Å²) in [4.78, 5) is 26.9. The fraction of sp³-hybridized carbons (Fsp3) is 0.368. The van der Waals surface area contributed by atoms with E-state index in [4.69, 9.17) is 0 Å². The van der Waals surface area contributed by atoms with Gasteiger partial charge in [-0.15, -0.1) is 11.3 Å². The molecule has 0 bridgehead atoms. The van der Waals surface area contributed by atoms with Crippen molar-refractivity contribution in [1.29, 1.82) is 0 Å². The van der Waals surface area contributed by atoms with Gasteiger partial charge < -0.3 is 20.6 Å². The summed E-state index contributed by atoms with van der Waals surface area (Å²) < 4.78 is 0. The van der Waals surface area contributed by atoms with Crippen LogP contribution in [-0.2, 0) is 10.4 Å². The van der Waals surface area contributed by atoms with Gasteiger partial charge in [-0.05, 0) is 37.1 Å². The summed E-state index contributed by atoms with van der Waals surface area (Å²) in [5.74, 6) is -0.166. The fourth-order valence-electron chi connectivity index (χ4n) is 3.45. The maximum absolute atomic E-state index is 12.6. The Morgan fingerprint density at radius 1 is 1.19 bits per heavy atom. The highest BCUT2D eigenvalue weighted by Crippen LogP contribution is 2.34. The van der Waals surface area contributed by atoms with Crippen LogP contribution in [0.5, 0.6) is 0 Å². The summed E-state index contributed by atoms with van der Waals surface area (Å²) in [6, 6.07) is 12.7. The predicted molar refractivity (Wildman–Crippen MR) is 100 cm³/mol. The average Bonchev–Trinajstić information content (AvgIpc) is 3.31. The van der Waals surface area contributed by atoms with Gasteiger partial charge >= 0.3 is 0 Å². The number of likely N-dealkylation sites (tertiary alicyclic amines) is 1. The normalized spacial score (nSPS) is 21.3. The zero-order chi connectivity index (χ0) is 18.1. The highest BCUT2D eigenvalue weighted by atomic mass is 32.1. The first kappa shape index (κ1) is 17.2. The number of nitrogens with one attached hydrogen (secondary N) is 2. The third-order valence-corrected chi connectivity index (χ3v) is 5.93. The number of anilines is 1. The van der Waals surface area contributed by atoms with E-state index < -0.39 is 5.60 Å². The van der Waals surface area contributed by atoms with E-state index in [9.17, 15) is 14.7 Å². The number of hydrogen-bond acceptors (Lipinski definition) is 5. The molecule has 0 aliphatic carbocycles. The van der Waals surface area contributed by atoms with Crippen LogP contribution >= 0.6 is 11.3 Å². The zero-order valence-corrected chi connectivity index (χ0v) is 15.1. The maximum Gasteiger partial charge on any atom is 0.264 e. The predicted octanol–water partition coefficient (Wildman–Crippen LogP) is 1.78. The molecule has 6 nitrogen and oxygen atoms in total. The molecular weight excluding hydrogens is 350 g/mol. The molecule has 0 unspecified atom stereocenters. The quantitative estimate of drug-likeness (QED) is 0.765. The first-order valence-corrected chi connectivity index (χ1v) is 9.58. The molecule has 0 saturated carbocycles. The number of amides is 2. The van der Waals surface area contributed by atoms with Crippen molar-refractivity contribution in [3.05, 3.63) is 52.9 Å². The molecular formula is C19H21N3O3S. The number of β-amino-alcohol motifs (C(OH)–C–C–N with tert-alkyl or cyclic N) is 1. The topological polar surface area (TPSA) is 81.7 Å². The summed E-state index contributed by atoms with van der Waals surface area (Å²) in [6.07, 6.45) is 1.85. The molecule has 2 aliphatic heterocycles. The molecule has 0 radical (unpaired) electrons. The van der Waals surface area contributed by atoms with Gasteiger partial charge in [0.1, 0.15) is 5.60 Å². The lowest BCUT2D eigenvalue weighted by Crippen LogP contribution is -2.61. The molecule has 26 heavy (non-hydrogen) atoms. The molecule has 136 valence electrons. The van der Waals surface area contributed by atoms with Crippen LogP contribution in [0.15, 0.2) is 42.5 Å². The van der Waals surface area contributed by atoms with Gasteiger partial charge in [0.15, 0.2) is 0 Å². The highest BCUT2D eigenvalue weighted by molar-refractivity contribution is 7.18. The second-order valence-electron chi connectivity index (χ2n) is 6.86. The summed E-state index contributed by atoms with van der Waals surface area (Å²) in [7, 11) is 0. The Balaban J connectivity index is 1.36. The number of hydrogen-bond donors (Lipinski definition) is 3. The van der Waals surface area contributed by atoms with Crippen molar-refractivity contribution < 1.29 is 14.7 Å².